The van der Waals surface area contributed by atoms with Gasteiger partial charge in [0.05, 0.1) is 5.56 Å². The monoisotopic (exact) mass is 186 g/mol. The number of hydrogen-bond acceptors (Lipinski definition) is 2. The Kier molecular flexibility index (Phi) is 2.38. The van der Waals surface area contributed by atoms with E-state index in [1.54, 1.807) is 6.92 Å². The first-order valence-corrected chi connectivity index (χ1v) is 3.69. The standard InChI is InChI=1S/C8H7FO2S/c1-4-2-5(9)3-6(7(4)12)8(10)11/h2-3,12H,1H3,(H,10,11). The molecule has 0 bridgehead atoms. The summed E-state index contributed by atoms with van der Waals surface area (Å²) in [6.07, 6.45) is 0. The molecule has 0 radical (unpaired) electrons. The van der Waals surface area contributed by atoms with Gasteiger partial charge in [0.15, 0.2) is 0 Å². The van der Waals surface area contributed by atoms with Gasteiger partial charge in [0.1, 0.15) is 5.82 Å². The molecular formula is C8H7FO2S. The molecule has 4 heteroatoms. The van der Waals surface area contributed by atoms with Crippen LogP contribution in [-0.2, 0) is 0 Å². The lowest BCUT2D eigenvalue weighted by Crippen LogP contribution is -2.00. The summed E-state index contributed by atoms with van der Waals surface area (Å²) in [4.78, 5) is 10.8. The molecule has 0 saturated carbocycles. The van der Waals surface area contributed by atoms with Gasteiger partial charge in [-0.2, -0.15) is 0 Å². The van der Waals surface area contributed by atoms with Crippen molar-refractivity contribution in [1.29, 1.82) is 0 Å². The molecule has 0 aliphatic heterocycles. The Balaban J connectivity index is 3.37. The average Bonchev–Trinajstić information content (AvgIpc) is 1.96. The van der Waals surface area contributed by atoms with Crippen LogP contribution in [0.15, 0.2) is 17.0 Å². The van der Waals surface area contributed by atoms with Crippen LogP contribution in [0.2, 0.25) is 0 Å². The lowest BCUT2D eigenvalue weighted by molar-refractivity contribution is 0.0692. The Morgan fingerprint density at radius 1 is 1.58 bits per heavy atom. The molecule has 0 heterocycles. The molecule has 64 valence electrons. The maximum Gasteiger partial charge on any atom is 0.336 e. The molecule has 0 spiro atoms. The second-order valence-corrected chi connectivity index (χ2v) is 2.87. The molecule has 0 fully saturated rings. The van der Waals surface area contributed by atoms with E-state index in [1.165, 1.54) is 6.07 Å². The molecule has 1 N–H and O–H groups in total. The first-order chi connectivity index (χ1) is 5.52. The van der Waals surface area contributed by atoms with Gasteiger partial charge in [-0.05, 0) is 24.6 Å². The zero-order valence-electron chi connectivity index (χ0n) is 6.34. The average molecular weight is 186 g/mol. The van der Waals surface area contributed by atoms with Crippen LogP contribution >= 0.6 is 12.6 Å². The molecular weight excluding hydrogens is 179 g/mol. The smallest absolute Gasteiger partial charge is 0.336 e. The van der Waals surface area contributed by atoms with Crippen LogP contribution in [0.4, 0.5) is 4.39 Å². The number of thiol groups is 1. The first-order valence-electron chi connectivity index (χ1n) is 3.25. The van der Waals surface area contributed by atoms with E-state index in [-0.39, 0.29) is 5.56 Å². The molecule has 0 saturated heterocycles. The minimum Gasteiger partial charge on any atom is -0.478 e. The third-order valence-corrected chi connectivity index (χ3v) is 2.09. The molecule has 0 aromatic heterocycles. The van der Waals surface area contributed by atoms with Crippen molar-refractivity contribution in [2.75, 3.05) is 0 Å². The molecule has 12 heavy (non-hydrogen) atoms. The minimum absolute atomic E-state index is 0.101. The number of carboxylic acid groups (broad SMARTS) is 1. The third kappa shape index (κ3) is 1.58. The molecule has 0 amide bonds. The molecule has 1 aromatic carbocycles. The Hall–Kier alpha value is -1.03. The summed E-state index contributed by atoms with van der Waals surface area (Å²) in [5.74, 6) is -1.72. The van der Waals surface area contributed by atoms with Gasteiger partial charge in [0.25, 0.3) is 0 Å². The number of aromatic carboxylic acids is 1. The molecule has 0 aliphatic carbocycles. The second-order valence-electron chi connectivity index (χ2n) is 2.42. The summed E-state index contributed by atoms with van der Waals surface area (Å²) in [6, 6.07) is 2.20. The molecule has 0 aliphatic rings. The van der Waals surface area contributed by atoms with E-state index in [0.29, 0.717) is 10.5 Å². The number of aryl methyl sites for hydroxylation is 1. The largest absolute Gasteiger partial charge is 0.478 e. The lowest BCUT2D eigenvalue weighted by atomic mass is 10.1. The predicted octanol–water partition coefficient (Wildman–Crippen LogP) is 2.12. The molecule has 1 aromatic rings. The highest BCUT2D eigenvalue weighted by atomic mass is 32.1. The Labute approximate surface area is 74.4 Å². The Bertz CT molecular complexity index is 336. The van der Waals surface area contributed by atoms with Crippen molar-refractivity contribution in [1.82, 2.24) is 0 Å². The van der Waals surface area contributed by atoms with Crippen LogP contribution in [0.5, 0.6) is 0 Å². The van der Waals surface area contributed by atoms with Crippen molar-refractivity contribution >= 4 is 18.6 Å². The van der Waals surface area contributed by atoms with E-state index in [4.69, 9.17) is 5.11 Å². The zero-order chi connectivity index (χ0) is 9.30. The van der Waals surface area contributed by atoms with Crippen LogP contribution in [0.3, 0.4) is 0 Å². The second kappa shape index (κ2) is 3.15. The molecule has 0 atom stereocenters. The third-order valence-electron chi connectivity index (χ3n) is 1.50. The summed E-state index contributed by atoms with van der Waals surface area (Å²) in [5.41, 5.74) is 0.423. The van der Waals surface area contributed by atoms with Crippen molar-refractivity contribution in [2.45, 2.75) is 11.8 Å². The lowest BCUT2D eigenvalue weighted by Gasteiger charge is -2.02. The van der Waals surface area contributed by atoms with Crippen LogP contribution in [0.25, 0.3) is 0 Å². The van der Waals surface area contributed by atoms with Crippen LogP contribution in [-0.4, -0.2) is 11.1 Å². The Morgan fingerprint density at radius 2 is 2.17 bits per heavy atom. The topological polar surface area (TPSA) is 37.3 Å². The summed E-state index contributed by atoms with van der Waals surface area (Å²) in [5, 5.41) is 8.60. The van der Waals surface area contributed by atoms with Gasteiger partial charge in [-0.15, -0.1) is 12.6 Å². The molecule has 0 unspecified atom stereocenters. The summed E-state index contributed by atoms with van der Waals surface area (Å²) in [7, 11) is 0. The summed E-state index contributed by atoms with van der Waals surface area (Å²) >= 11 is 3.95. The minimum atomic E-state index is -1.16. The van der Waals surface area contributed by atoms with Crippen LogP contribution in [0.1, 0.15) is 15.9 Å². The highest BCUT2D eigenvalue weighted by Crippen LogP contribution is 2.20. The van der Waals surface area contributed by atoms with Gasteiger partial charge in [0.2, 0.25) is 0 Å². The fourth-order valence-electron chi connectivity index (χ4n) is 0.899. The van der Waals surface area contributed by atoms with Gasteiger partial charge in [-0.25, -0.2) is 9.18 Å². The van der Waals surface area contributed by atoms with E-state index in [9.17, 15) is 9.18 Å². The van der Waals surface area contributed by atoms with E-state index >= 15 is 0 Å². The van der Waals surface area contributed by atoms with E-state index < -0.39 is 11.8 Å². The summed E-state index contributed by atoms with van der Waals surface area (Å²) < 4.78 is 12.7. The van der Waals surface area contributed by atoms with Crippen molar-refractivity contribution in [3.63, 3.8) is 0 Å². The number of carbonyl (C=O) groups is 1. The van der Waals surface area contributed by atoms with Crippen molar-refractivity contribution in [3.05, 3.63) is 29.1 Å². The molecule has 2 nitrogen and oxygen atoms in total. The highest BCUT2D eigenvalue weighted by Gasteiger charge is 2.10. The van der Waals surface area contributed by atoms with Gasteiger partial charge < -0.3 is 5.11 Å². The van der Waals surface area contributed by atoms with Crippen LogP contribution < -0.4 is 0 Å². The van der Waals surface area contributed by atoms with Crippen LogP contribution in [0, 0.1) is 12.7 Å². The zero-order valence-corrected chi connectivity index (χ0v) is 7.23. The fraction of sp³-hybridized carbons (Fsp3) is 0.125. The number of halogens is 1. The van der Waals surface area contributed by atoms with E-state index in [2.05, 4.69) is 12.6 Å². The van der Waals surface area contributed by atoms with Gasteiger partial charge in [-0.3, -0.25) is 0 Å². The highest BCUT2D eigenvalue weighted by molar-refractivity contribution is 7.80. The van der Waals surface area contributed by atoms with E-state index in [1.807, 2.05) is 0 Å². The maximum absolute atomic E-state index is 12.7. The van der Waals surface area contributed by atoms with Gasteiger partial charge >= 0.3 is 5.97 Å². The Morgan fingerprint density at radius 3 is 2.67 bits per heavy atom. The fourth-order valence-corrected chi connectivity index (χ4v) is 1.12. The predicted molar refractivity (Wildman–Crippen MR) is 45.3 cm³/mol. The van der Waals surface area contributed by atoms with Gasteiger partial charge in [-0.1, -0.05) is 0 Å². The van der Waals surface area contributed by atoms with Gasteiger partial charge in [0, 0.05) is 4.90 Å². The number of rotatable bonds is 1. The first kappa shape index (κ1) is 9.06. The maximum atomic E-state index is 12.7. The SMILES string of the molecule is Cc1cc(F)cc(C(=O)O)c1S. The van der Waals surface area contributed by atoms with Crippen molar-refractivity contribution in [3.8, 4) is 0 Å². The normalized spacial score (nSPS) is 9.92. The van der Waals surface area contributed by atoms with Crippen molar-refractivity contribution in [2.24, 2.45) is 0 Å². The summed E-state index contributed by atoms with van der Waals surface area (Å²) in [6.45, 7) is 1.61. The van der Waals surface area contributed by atoms with E-state index in [0.717, 1.165) is 6.07 Å². The number of carboxylic acids is 1. The quantitative estimate of drug-likeness (QED) is 0.659. The molecule has 1 rings (SSSR count). The van der Waals surface area contributed by atoms with Crippen molar-refractivity contribution < 1.29 is 14.3 Å². The number of hydrogen-bond donors (Lipinski definition) is 2. The number of benzene rings is 1.